The lowest BCUT2D eigenvalue weighted by atomic mass is 10.0. The zero-order valence-corrected chi connectivity index (χ0v) is 29.8. The number of carboxylic acids is 1. The summed E-state index contributed by atoms with van der Waals surface area (Å²) in [6.45, 7) is 2.41. The van der Waals surface area contributed by atoms with Gasteiger partial charge in [-0.25, -0.2) is 9.36 Å². The molecule has 0 radical (unpaired) electrons. The predicted octanol–water partition coefficient (Wildman–Crippen LogP) is 8.00. The van der Waals surface area contributed by atoms with Gasteiger partial charge in [-0.1, -0.05) is 142 Å². The van der Waals surface area contributed by atoms with E-state index in [1.165, 1.54) is 89.9 Å². The van der Waals surface area contributed by atoms with Crippen molar-refractivity contribution >= 4 is 25.7 Å². The molecule has 0 aliphatic heterocycles. The normalized spacial score (nSPS) is 14.0. The maximum atomic E-state index is 12.1. The third-order valence-electron chi connectivity index (χ3n) is 7.90. The number of aliphatic hydroxyl groups excluding tert-OH is 1. The highest BCUT2D eigenvalue weighted by Gasteiger charge is 2.28. The van der Waals surface area contributed by atoms with Crippen molar-refractivity contribution in [3.05, 3.63) is 0 Å². The lowest BCUT2D eigenvalue weighted by Crippen LogP contribution is -2.43. The number of hydrogen-bond donors (Lipinski definition) is 4. The fourth-order valence-corrected chi connectivity index (χ4v) is 5.79. The molecule has 0 aliphatic rings. The molecule has 0 heterocycles. The summed E-state index contributed by atoms with van der Waals surface area (Å²) in [5.41, 5.74) is 0. The number of phosphoric acid groups is 1. The average molecular weight is 680 g/mol. The van der Waals surface area contributed by atoms with Crippen LogP contribution in [0, 0.1) is 0 Å². The van der Waals surface area contributed by atoms with Crippen LogP contribution >= 0.6 is 7.82 Å². The van der Waals surface area contributed by atoms with Crippen LogP contribution in [0.25, 0.3) is 0 Å². The zero-order chi connectivity index (χ0) is 34.3. The molecule has 0 aromatic heterocycles. The van der Waals surface area contributed by atoms with E-state index in [1.54, 1.807) is 0 Å². The third-order valence-corrected chi connectivity index (χ3v) is 8.85. The van der Waals surface area contributed by atoms with Crippen LogP contribution in [0.3, 0.4) is 0 Å². The first-order valence-electron chi connectivity index (χ1n) is 18.1. The summed E-state index contributed by atoms with van der Waals surface area (Å²) >= 11 is 0. The van der Waals surface area contributed by atoms with Gasteiger partial charge in [-0.2, -0.15) is 0 Å². The van der Waals surface area contributed by atoms with Gasteiger partial charge in [-0.3, -0.25) is 18.6 Å². The van der Waals surface area contributed by atoms with Crippen LogP contribution in [0.1, 0.15) is 168 Å². The Bertz CT molecular complexity index is 813. The molecule has 0 aromatic rings. The van der Waals surface area contributed by atoms with Gasteiger partial charge in [0.15, 0.2) is 6.04 Å². The fourth-order valence-electron chi connectivity index (χ4n) is 5.02. The van der Waals surface area contributed by atoms with Crippen molar-refractivity contribution in [3.63, 3.8) is 0 Å². The third kappa shape index (κ3) is 29.9. The van der Waals surface area contributed by atoms with Crippen LogP contribution in [0.15, 0.2) is 0 Å². The van der Waals surface area contributed by atoms with E-state index in [1.807, 2.05) is 6.92 Å². The Morgan fingerprint density at radius 2 is 1.00 bits per heavy atom. The first kappa shape index (κ1) is 44.5. The predicted molar refractivity (Wildman–Crippen MR) is 180 cm³/mol. The van der Waals surface area contributed by atoms with Crippen molar-refractivity contribution in [2.45, 2.75) is 180 Å². The van der Waals surface area contributed by atoms with Crippen molar-refractivity contribution in [3.8, 4) is 0 Å². The van der Waals surface area contributed by atoms with Crippen molar-refractivity contribution in [1.29, 1.82) is 0 Å². The van der Waals surface area contributed by atoms with Gasteiger partial charge >= 0.3 is 19.8 Å². The van der Waals surface area contributed by atoms with E-state index in [0.29, 0.717) is 12.8 Å². The molecule has 0 rings (SSSR count). The molecule has 0 saturated carbocycles. The second-order valence-corrected chi connectivity index (χ2v) is 13.9. The molecule has 272 valence electrons. The minimum atomic E-state index is -4.73. The van der Waals surface area contributed by atoms with E-state index in [9.17, 15) is 34.1 Å². The maximum absolute atomic E-state index is 12.1. The molecule has 0 bridgehead atoms. The Hall–Kier alpha value is -1.52. The first-order chi connectivity index (χ1) is 22.1. The van der Waals surface area contributed by atoms with Crippen LogP contribution < -0.4 is 5.32 Å². The molecule has 0 aromatic carbocycles. The monoisotopic (exact) mass is 679 g/mol. The van der Waals surface area contributed by atoms with Gasteiger partial charge in [-0.15, -0.1) is 0 Å². The summed E-state index contributed by atoms with van der Waals surface area (Å²) < 4.78 is 26.5. The highest BCUT2D eigenvalue weighted by Crippen LogP contribution is 2.43. The highest BCUT2D eigenvalue weighted by atomic mass is 31.2. The highest BCUT2D eigenvalue weighted by molar-refractivity contribution is 7.47. The summed E-state index contributed by atoms with van der Waals surface area (Å²) in [7, 11) is -4.73. The number of carbonyl (C=O) groups excluding carboxylic acids is 2. The molecule has 4 N–H and O–H groups in total. The topological polar surface area (TPSA) is 169 Å². The molecule has 3 atom stereocenters. The molecular weight excluding hydrogens is 613 g/mol. The average Bonchev–Trinajstić information content (AvgIpc) is 3.02. The lowest BCUT2D eigenvalue weighted by Gasteiger charge is -2.18. The number of phosphoric ester groups is 1. The van der Waals surface area contributed by atoms with Crippen LogP contribution in [0.4, 0.5) is 0 Å². The fraction of sp³-hybridized carbons (Fsp3) is 0.912. The Balaban J connectivity index is 3.78. The van der Waals surface area contributed by atoms with Crippen molar-refractivity contribution in [2.75, 3.05) is 19.8 Å². The summed E-state index contributed by atoms with van der Waals surface area (Å²) in [5, 5.41) is 21.5. The van der Waals surface area contributed by atoms with E-state index in [-0.39, 0.29) is 12.8 Å². The summed E-state index contributed by atoms with van der Waals surface area (Å²) in [5.74, 6) is -2.39. The molecule has 11 nitrogen and oxygen atoms in total. The van der Waals surface area contributed by atoms with Crippen molar-refractivity contribution in [2.24, 2.45) is 0 Å². The number of esters is 1. The van der Waals surface area contributed by atoms with Gasteiger partial charge in [0.1, 0.15) is 12.7 Å². The molecular formula is C34H66NO10P. The van der Waals surface area contributed by atoms with Crippen LogP contribution in [-0.2, 0) is 32.7 Å². The minimum absolute atomic E-state index is 0.140. The van der Waals surface area contributed by atoms with Crippen molar-refractivity contribution in [1.82, 2.24) is 5.32 Å². The number of ether oxygens (including phenoxy) is 1. The van der Waals surface area contributed by atoms with Crippen LogP contribution in [-0.4, -0.2) is 64.9 Å². The summed E-state index contributed by atoms with van der Waals surface area (Å²) in [6.07, 6.45) is 25.1. The van der Waals surface area contributed by atoms with E-state index < -0.39 is 57.6 Å². The Labute approximate surface area is 278 Å². The molecule has 0 saturated heterocycles. The standard InChI is InChI=1S/C34H66NO10P/c1-3-5-7-9-10-11-12-13-14-15-16-17-18-19-20-21-22-24-26-33(38)43-27-30(36)28-44-46(41,42)45-29-31(34(39)40)35-32(37)25-23-8-6-4-2/h30-31,36H,3-29H2,1-2H3,(H,35,37)(H,39,40)(H,41,42). The smallest absolute Gasteiger partial charge is 0.472 e. The number of rotatable bonds is 34. The number of carboxylic acid groups (broad SMARTS) is 1. The van der Waals surface area contributed by atoms with Crippen molar-refractivity contribution < 1.29 is 47.8 Å². The molecule has 46 heavy (non-hydrogen) atoms. The number of nitrogens with one attached hydrogen (secondary N) is 1. The molecule has 1 amide bonds. The second-order valence-electron chi connectivity index (χ2n) is 12.4. The molecule has 3 unspecified atom stereocenters. The Morgan fingerprint density at radius 3 is 1.46 bits per heavy atom. The Morgan fingerprint density at radius 1 is 0.609 bits per heavy atom. The van der Waals surface area contributed by atoms with E-state index in [0.717, 1.165) is 38.5 Å². The van der Waals surface area contributed by atoms with E-state index in [4.69, 9.17) is 13.8 Å². The largest absolute Gasteiger partial charge is 0.480 e. The zero-order valence-electron chi connectivity index (χ0n) is 28.9. The number of amides is 1. The molecule has 12 heteroatoms. The first-order valence-corrected chi connectivity index (χ1v) is 19.6. The molecule has 0 aliphatic carbocycles. The SMILES string of the molecule is CCCCCCCCCCCCCCCCCCCCC(=O)OCC(O)COP(=O)(O)OCC(NC(=O)CCCCCC)C(=O)O. The van der Waals surface area contributed by atoms with Gasteiger partial charge in [0, 0.05) is 12.8 Å². The van der Waals surface area contributed by atoms with Gasteiger partial charge in [0.2, 0.25) is 5.91 Å². The number of aliphatic hydroxyl groups is 1. The summed E-state index contributed by atoms with van der Waals surface area (Å²) in [4.78, 5) is 45.1. The van der Waals surface area contributed by atoms with Gasteiger partial charge < -0.3 is 25.2 Å². The van der Waals surface area contributed by atoms with E-state index >= 15 is 0 Å². The van der Waals surface area contributed by atoms with Gasteiger partial charge in [-0.05, 0) is 12.8 Å². The maximum Gasteiger partial charge on any atom is 0.472 e. The Kier molecular flexibility index (Phi) is 29.8. The number of unbranched alkanes of at least 4 members (excludes halogenated alkanes) is 20. The summed E-state index contributed by atoms with van der Waals surface area (Å²) in [6, 6.07) is -1.53. The molecule has 0 fully saturated rings. The minimum Gasteiger partial charge on any atom is -0.480 e. The van der Waals surface area contributed by atoms with Crippen LogP contribution in [0.5, 0.6) is 0 Å². The van der Waals surface area contributed by atoms with Gasteiger partial charge in [0.25, 0.3) is 0 Å². The quantitative estimate of drug-likeness (QED) is 0.0297. The lowest BCUT2D eigenvalue weighted by molar-refractivity contribution is -0.147. The molecule has 0 spiro atoms. The number of hydrogen-bond acceptors (Lipinski definition) is 8. The second kappa shape index (κ2) is 30.8. The number of aliphatic carboxylic acids is 1. The van der Waals surface area contributed by atoms with Gasteiger partial charge in [0.05, 0.1) is 13.2 Å². The van der Waals surface area contributed by atoms with Crippen LogP contribution in [0.2, 0.25) is 0 Å². The number of carbonyl (C=O) groups is 3. The van der Waals surface area contributed by atoms with E-state index in [2.05, 4.69) is 12.2 Å².